The molecule has 0 saturated heterocycles. The van der Waals surface area contributed by atoms with Crippen LogP contribution in [0.4, 0.5) is 23.1 Å². The van der Waals surface area contributed by atoms with Crippen LogP contribution in [0.25, 0.3) is 0 Å². The molecule has 1 amide bonds. The van der Waals surface area contributed by atoms with Gasteiger partial charge in [0.05, 0.1) is 16.9 Å². The van der Waals surface area contributed by atoms with Crippen molar-refractivity contribution in [1.29, 1.82) is 5.41 Å². The summed E-state index contributed by atoms with van der Waals surface area (Å²) in [5.74, 6) is -0.0188. The van der Waals surface area contributed by atoms with Gasteiger partial charge in [-0.05, 0) is 31.0 Å². The number of halogens is 1. The van der Waals surface area contributed by atoms with Gasteiger partial charge in [0, 0.05) is 30.2 Å². The van der Waals surface area contributed by atoms with Gasteiger partial charge in [-0.2, -0.15) is 10.1 Å². The largest absolute Gasteiger partial charge is 0.365 e. The summed E-state index contributed by atoms with van der Waals surface area (Å²) in [6, 6.07) is 5.19. The summed E-state index contributed by atoms with van der Waals surface area (Å²) in [5, 5.41) is 17.6. The lowest BCUT2D eigenvalue weighted by Crippen LogP contribution is -2.43. The van der Waals surface area contributed by atoms with Crippen LogP contribution in [0.1, 0.15) is 36.0 Å². The molecular weight excluding hydrogens is 406 g/mol. The van der Waals surface area contributed by atoms with E-state index in [2.05, 4.69) is 31.1 Å². The second-order valence-electron chi connectivity index (χ2n) is 6.90. The van der Waals surface area contributed by atoms with Crippen LogP contribution >= 0.6 is 11.6 Å². The van der Waals surface area contributed by atoms with Crippen LogP contribution in [0.5, 0.6) is 0 Å². The first kappa shape index (κ1) is 21.5. The van der Waals surface area contributed by atoms with Gasteiger partial charge in [-0.15, -0.1) is 0 Å². The second kappa shape index (κ2) is 9.99. The maximum atomic E-state index is 11.8. The Kier molecular flexibility index (Phi) is 7.15. The molecule has 8 N–H and O–H groups in total. The number of hydrazone groups is 1. The molecule has 1 aromatic heterocycles. The van der Waals surface area contributed by atoms with Crippen LogP contribution in [0.2, 0.25) is 5.02 Å². The molecule has 11 heteroatoms. The molecule has 1 aliphatic carbocycles. The summed E-state index contributed by atoms with van der Waals surface area (Å²) in [7, 11) is 0. The summed E-state index contributed by atoms with van der Waals surface area (Å²) in [6.45, 7) is 0. The van der Waals surface area contributed by atoms with Gasteiger partial charge in [0.2, 0.25) is 5.95 Å². The molecule has 0 radical (unpaired) electrons. The molecule has 1 saturated carbocycles. The van der Waals surface area contributed by atoms with Crippen molar-refractivity contribution in [1.82, 2.24) is 9.97 Å². The molecule has 30 heavy (non-hydrogen) atoms. The van der Waals surface area contributed by atoms with Crippen LogP contribution in [-0.4, -0.2) is 40.4 Å². The molecule has 1 heterocycles. The van der Waals surface area contributed by atoms with Crippen molar-refractivity contribution in [3.05, 3.63) is 35.0 Å². The zero-order valence-corrected chi connectivity index (χ0v) is 17.0. The van der Waals surface area contributed by atoms with Crippen molar-refractivity contribution >= 4 is 53.1 Å². The molecule has 2 aromatic rings. The van der Waals surface area contributed by atoms with Crippen LogP contribution < -0.4 is 27.5 Å². The van der Waals surface area contributed by atoms with E-state index in [1.54, 1.807) is 18.2 Å². The summed E-state index contributed by atoms with van der Waals surface area (Å²) >= 11 is 6.16. The minimum absolute atomic E-state index is 0.0287. The zero-order valence-electron chi connectivity index (χ0n) is 16.2. The predicted molar refractivity (Wildman–Crippen MR) is 120 cm³/mol. The third-order valence-electron chi connectivity index (χ3n) is 4.75. The van der Waals surface area contributed by atoms with Gasteiger partial charge >= 0.3 is 0 Å². The molecule has 1 aromatic carbocycles. The molecule has 2 atom stereocenters. The van der Waals surface area contributed by atoms with Gasteiger partial charge in [-0.1, -0.05) is 24.4 Å². The normalized spacial score (nSPS) is 18.7. The molecular formula is C19H24ClN9O. The molecule has 10 nitrogen and oxygen atoms in total. The summed E-state index contributed by atoms with van der Waals surface area (Å²) < 4.78 is 0. The minimum atomic E-state index is -0.652. The zero-order chi connectivity index (χ0) is 21.5. The van der Waals surface area contributed by atoms with Crippen LogP contribution in [0.3, 0.4) is 0 Å². The number of carbonyl (C=O) groups is 1. The topological polar surface area (TPSA) is 167 Å². The summed E-state index contributed by atoms with van der Waals surface area (Å²) in [4.78, 5) is 20.5. The van der Waals surface area contributed by atoms with Crippen molar-refractivity contribution in [2.24, 2.45) is 16.6 Å². The van der Waals surface area contributed by atoms with Crippen molar-refractivity contribution in [3.8, 4) is 0 Å². The fourth-order valence-corrected chi connectivity index (χ4v) is 3.36. The second-order valence-corrected chi connectivity index (χ2v) is 7.30. The smallest absolute Gasteiger partial charge is 0.254 e. The van der Waals surface area contributed by atoms with E-state index in [0.29, 0.717) is 22.3 Å². The van der Waals surface area contributed by atoms with Crippen LogP contribution in [0.15, 0.2) is 29.5 Å². The Morgan fingerprint density at radius 3 is 2.87 bits per heavy atom. The number of aromatic nitrogens is 2. The van der Waals surface area contributed by atoms with Gasteiger partial charge < -0.3 is 27.5 Å². The number of nitrogens with two attached hydrogens (primary N) is 2. The number of anilines is 4. The van der Waals surface area contributed by atoms with Gasteiger partial charge in [-0.25, -0.2) is 4.98 Å². The Hall–Kier alpha value is -3.24. The maximum Gasteiger partial charge on any atom is 0.254 e. The molecule has 0 bridgehead atoms. The number of amides is 1. The Labute approximate surface area is 179 Å². The van der Waals surface area contributed by atoms with Crippen molar-refractivity contribution < 1.29 is 4.79 Å². The molecule has 3 rings (SSSR count). The van der Waals surface area contributed by atoms with E-state index >= 15 is 0 Å². The quantitative estimate of drug-likeness (QED) is 0.277. The lowest BCUT2D eigenvalue weighted by molar-refractivity contribution is 0.100. The van der Waals surface area contributed by atoms with Crippen LogP contribution in [0, 0.1) is 5.41 Å². The third-order valence-corrected chi connectivity index (χ3v) is 5.08. The van der Waals surface area contributed by atoms with E-state index in [1.165, 1.54) is 12.4 Å². The average molecular weight is 430 g/mol. The van der Waals surface area contributed by atoms with E-state index in [9.17, 15) is 4.79 Å². The highest BCUT2D eigenvalue weighted by Crippen LogP contribution is 2.28. The number of nitrogens with one attached hydrogen (secondary N) is 4. The van der Waals surface area contributed by atoms with E-state index in [1.807, 2.05) is 0 Å². The summed E-state index contributed by atoms with van der Waals surface area (Å²) in [5.41, 5.74) is 15.7. The molecule has 0 aliphatic heterocycles. The third kappa shape index (κ3) is 5.43. The highest BCUT2D eigenvalue weighted by molar-refractivity contribution is 6.33. The number of primary amides is 1. The fourth-order valence-electron chi connectivity index (χ4n) is 3.20. The molecule has 158 valence electrons. The molecule has 0 spiro atoms. The Bertz CT molecular complexity index is 950. The Morgan fingerprint density at radius 2 is 2.13 bits per heavy atom. The van der Waals surface area contributed by atoms with Gasteiger partial charge in [0.15, 0.2) is 0 Å². The van der Waals surface area contributed by atoms with Crippen molar-refractivity contribution in [2.45, 2.75) is 37.8 Å². The SMILES string of the molecule is N=CC=NNc1cc(Nc2nc(NC3CCCCC3N)ncc2C(N)=O)ccc1Cl. The van der Waals surface area contributed by atoms with E-state index < -0.39 is 5.91 Å². The number of carbonyl (C=O) groups excluding carboxylic acids is 1. The lowest BCUT2D eigenvalue weighted by atomic mass is 9.91. The van der Waals surface area contributed by atoms with E-state index in [-0.39, 0.29) is 23.5 Å². The standard InChI is InChI=1S/C19H24ClN9O/c20-13-6-5-11(9-16(13)29-25-8-7-21)26-18-12(17(23)30)10-24-19(28-18)27-15-4-2-1-3-14(15)22/h5-10,14-15,21,29H,1-4,22H2,(H2,23,30)(H2,24,26,27,28). The van der Waals surface area contributed by atoms with Crippen molar-refractivity contribution in [3.63, 3.8) is 0 Å². The Morgan fingerprint density at radius 1 is 1.33 bits per heavy atom. The van der Waals surface area contributed by atoms with Gasteiger partial charge in [-0.3, -0.25) is 10.2 Å². The lowest BCUT2D eigenvalue weighted by Gasteiger charge is -2.29. The number of hydrogen-bond donors (Lipinski definition) is 6. The molecule has 1 aliphatic rings. The number of hydrogen-bond acceptors (Lipinski definition) is 9. The first-order chi connectivity index (χ1) is 14.5. The first-order valence-electron chi connectivity index (χ1n) is 9.51. The van der Waals surface area contributed by atoms with Gasteiger partial charge in [0.25, 0.3) is 5.91 Å². The monoisotopic (exact) mass is 429 g/mol. The van der Waals surface area contributed by atoms with E-state index in [0.717, 1.165) is 31.9 Å². The predicted octanol–water partition coefficient (Wildman–Crippen LogP) is 2.70. The molecule has 1 fully saturated rings. The number of rotatable bonds is 8. The number of benzene rings is 1. The van der Waals surface area contributed by atoms with E-state index in [4.69, 9.17) is 28.5 Å². The van der Waals surface area contributed by atoms with Crippen LogP contribution in [-0.2, 0) is 0 Å². The van der Waals surface area contributed by atoms with Gasteiger partial charge in [0.1, 0.15) is 11.4 Å². The number of nitrogens with zero attached hydrogens (tertiary/aromatic N) is 3. The first-order valence-corrected chi connectivity index (χ1v) is 9.89. The minimum Gasteiger partial charge on any atom is -0.365 e. The average Bonchev–Trinajstić information content (AvgIpc) is 2.72. The Balaban J connectivity index is 1.84. The summed E-state index contributed by atoms with van der Waals surface area (Å²) in [6.07, 6.45) is 7.80. The highest BCUT2D eigenvalue weighted by Gasteiger charge is 2.23. The maximum absolute atomic E-state index is 11.8. The van der Waals surface area contributed by atoms with Crippen molar-refractivity contribution in [2.75, 3.05) is 16.1 Å². The fraction of sp³-hybridized carbons (Fsp3) is 0.316. The highest BCUT2D eigenvalue weighted by atomic mass is 35.5. The molecule has 2 unspecified atom stereocenters.